The summed E-state index contributed by atoms with van der Waals surface area (Å²) in [6, 6.07) is 10.1. The summed E-state index contributed by atoms with van der Waals surface area (Å²) in [5.74, 6) is 0. The Morgan fingerprint density at radius 2 is 1.75 bits per heavy atom. The van der Waals surface area contributed by atoms with Gasteiger partial charge in [0.1, 0.15) is 29.0 Å². The zero-order valence-electron chi connectivity index (χ0n) is 12.3. The summed E-state index contributed by atoms with van der Waals surface area (Å²) in [5, 5.41) is 23.3. The molecule has 0 spiro atoms. The fourth-order valence-electron chi connectivity index (χ4n) is 2.39. The van der Waals surface area contributed by atoms with Gasteiger partial charge in [-0.25, -0.2) is 0 Å². The van der Waals surface area contributed by atoms with E-state index in [0.29, 0.717) is 10.6 Å². The molecule has 7 nitrogen and oxygen atoms in total. The number of hydrogen-bond donors (Lipinski definition) is 1. The number of halogens is 1. The molecule has 0 saturated carbocycles. The van der Waals surface area contributed by atoms with Gasteiger partial charge in [-0.15, -0.1) is 0 Å². The molecule has 0 aliphatic carbocycles. The molecule has 0 atom stereocenters. The summed E-state index contributed by atoms with van der Waals surface area (Å²) >= 11 is 5.86. The Bertz CT molecular complexity index is 1180. The van der Waals surface area contributed by atoms with Crippen molar-refractivity contribution in [2.75, 3.05) is 0 Å². The van der Waals surface area contributed by atoms with Crippen LogP contribution < -0.4 is 11.1 Å². The van der Waals surface area contributed by atoms with Crippen molar-refractivity contribution >= 4 is 17.2 Å². The van der Waals surface area contributed by atoms with E-state index < -0.39 is 11.1 Å². The van der Waals surface area contributed by atoms with Crippen LogP contribution in [0.5, 0.6) is 0 Å². The van der Waals surface area contributed by atoms with E-state index in [1.807, 2.05) is 12.1 Å². The number of H-pyrrole nitrogens is 1. The van der Waals surface area contributed by atoms with Crippen LogP contribution in [0.25, 0.3) is 16.8 Å². The van der Waals surface area contributed by atoms with Crippen molar-refractivity contribution in [2.24, 2.45) is 0 Å². The van der Waals surface area contributed by atoms with Gasteiger partial charge in [-0.1, -0.05) is 23.7 Å². The highest BCUT2D eigenvalue weighted by molar-refractivity contribution is 6.30. The van der Waals surface area contributed by atoms with E-state index in [4.69, 9.17) is 11.6 Å². The highest BCUT2D eigenvalue weighted by Crippen LogP contribution is 2.28. The lowest BCUT2D eigenvalue weighted by molar-refractivity contribution is 0.815. The SMILES string of the molecule is Cc1nn2c(=O)c(C#N)c(-c3ccc(Cl)cc3)c(C#N)c2[nH]c1=O. The largest absolute Gasteiger partial charge is 0.304 e. The van der Waals surface area contributed by atoms with Crippen LogP contribution in [0.3, 0.4) is 0 Å². The topological polar surface area (TPSA) is 115 Å². The number of nitrogens with one attached hydrogen (secondary N) is 1. The van der Waals surface area contributed by atoms with Gasteiger partial charge < -0.3 is 4.98 Å². The highest BCUT2D eigenvalue weighted by Gasteiger charge is 2.21. The van der Waals surface area contributed by atoms with E-state index in [0.717, 1.165) is 4.52 Å². The monoisotopic (exact) mass is 337 g/mol. The van der Waals surface area contributed by atoms with Gasteiger partial charge in [-0.3, -0.25) is 9.59 Å². The average Bonchev–Trinajstić information content (AvgIpc) is 2.57. The summed E-state index contributed by atoms with van der Waals surface area (Å²) in [4.78, 5) is 26.9. The minimum atomic E-state index is -0.712. The zero-order valence-corrected chi connectivity index (χ0v) is 13.0. The molecule has 2 heterocycles. The summed E-state index contributed by atoms with van der Waals surface area (Å²) in [6.45, 7) is 1.43. The minimum Gasteiger partial charge on any atom is -0.304 e. The van der Waals surface area contributed by atoms with Crippen molar-refractivity contribution in [1.82, 2.24) is 14.6 Å². The lowest BCUT2D eigenvalue weighted by Gasteiger charge is -2.10. The van der Waals surface area contributed by atoms with Gasteiger partial charge in [0, 0.05) is 10.6 Å². The molecule has 8 heteroatoms. The maximum absolute atomic E-state index is 12.6. The Morgan fingerprint density at radius 1 is 1.12 bits per heavy atom. The number of nitriles is 2. The first-order valence-corrected chi connectivity index (χ1v) is 7.11. The summed E-state index contributed by atoms with van der Waals surface area (Å²) < 4.78 is 0.868. The van der Waals surface area contributed by atoms with Crippen molar-refractivity contribution in [3.05, 3.63) is 66.8 Å². The number of aromatic nitrogens is 3. The molecule has 0 radical (unpaired) electrons. The van der Waals surface area contributed by atoms with Crippen molar-refractivity contribution in [3.63, 3.8) is 0 Å². The zero-order chi connectivity index (χ0) is 17.4. The molecule has 0 amide bonds. The molecule has 0 saturated heterocycles. The highest BCUT2D eigenvalue weighted by atomic mass is 35.5. The number of fused-ring (bicyclic) bond motifs is 1. The minimum absolute atomic E-state index is 0.0157. The van der Waals surface area contributed by atoms with Gasteiger partial charge in [-0.2, -0.15) is 20.1 Å². The summed E-state index contributed by atoms with van der Waals surface area (Å²) in [5.41, 5.74) is -0.868. The molecule has 1 N–H and O–H groups in total. The molecule has 0 unspecified atom stereocenters. The molecule has 0 aliphatic heterocycles. The van der Waals surface area contributed by atoms with Crippen molar-refractivity contribution in [1.29, 1.82) is 10.5 Å². The molecule has 3 aromatic rings. The predicted molar refractivity (Wildman–Crippen MR) is 86.7 cm³/mol. The normalized spacial score (nSPS) is 10.3. The van der Waals surface area contributed by atoms with Gasteiger partial charge in [0.25, 0.3) is 11.1 Å². The lowest BCUT2D eigenvalue weighted by Crippen LogP contribution is -2.27. The number of hydrogen-bond acceptors (Lipinski definition) is 5. The quantitative estimate of drug-likeness (QED) is 0.726. The van der Waals surface area contributed by atoms with Gasteiger partial charge in [0.2, 0.25) is 0 Å². The molecular formula is C16H8ClN5O2. The van der Waals surface area contributed by atoms with Crippen molar-refractivity contribution < 1.29 is 0 Å². The predicted octanol–water partition coefficient (Wildman–Crippen LogP) is 1.75. The molecular weight excluding hydrogens is 330 g/mol. The Balaban J connectivity index is 2.59. The Hall–Kier alpha value is -3.42. The van der Waals surface area contributed by atoms with Crippen LogP contribution in [0, 0.1) is 29.6 Å². The number of benzene rings is 1. The van der Waals surface area contributed by atoms with E-state index in [1.165, 1.54) is 6.92 Å². The molecule has 0 bridgehead atoms. The molecule has 116 valence electrons. The van der Waals surface area contributed by atoms with E-state index in [2.05, 4.69) is 10.1 Å². The van der Waals surface area contributed by atoms with Gasteiger partial charge in [0.15, 0.2) is 5.65 Å². The van der Waals surface area contributed by atoms with Crippen LogP contribution in [-0.2, 0) is 0 Å². The summed E-state index contributed by atoms with van der Waals surface area (Å²) in [6.07, 6.45) is 0. The Morgan fingerprint density at radius 3 is 2.33 bits per heavy atom. The van der Waals surface area contributed by atoms with Gasteiger partial charge >= 0.3 is 0 Å². The first-order chi connectivity index (χ1) is 11.5. The Labute approximate surface area is 140 Å². The maximum Gasteiger partial charge on any atom is 0.291 e. The number of aromatic amines is 1. The van der Waals surface area contributed by atoms with Crippen molar-refractivity contribution in [2.45, 2.75) is 6.92 Å². The summed E-state index contributed by atoms with van der Waals surface area (Å²) in [7, 11) is 0. The van der Waals surface area contributed by atoms with E-state index in [-0.39, 0.29) is 28.0 Å². The number of rotatable bonds is 1. The molecule has 0 aliphatic rings. The molecule has 0 fully saturated rings. The van der Waals surface area contributed by atoms with Crippen LogP contribution >= 0.6 is 11.6 Å². The van der Waals surface area contributed by atoms with Crippen LogP contribution in [0.1, 0.15) is 16.8 Å². The average molecular weight is 338 g/mol. The van der Waals surface area contributed by atoms with Crippen LogP contribution in [-0.4, -0.2) is 14.6 Å². The second-order valence-corrected chi connectivity index (χ2v) is 5.40. The third kappa shape index (κ3) is 2.24. The van der Waals surface area contributed by atoms with Crippen molar-refractivity contribution in [3.8, 4) is 23.3 Å². The third-order valence-corrected chi connectivity index (χ3v) is 3.77. The second-order valence-electron chi connectivity index (χ2n) is 4.96. The third-order valence-electron chi connectivity index (χ3n) is 3.52. The van der Waals surface area contributed by atoms with E-state index in [1.54, 1.807) is 24.3 Å². The number of aryl methyl sites for hydroxylation is 1. The Kier molecular flexibility index (Phi) is 3.64. The maximum atomic E-state index is 12.6. The lowest BCUT2D eigenvalue weighted by atomic mass is 9.97. The molecule has 1 aromatic carbocycles. The van der Waals surface area contributed by atoms with Crippen LogP contribution in [0.2, 0.25) is 5.02 Å². The number of pyridine rings is 1. The standard InChI is InChI=1S/C16H8ClN5O2/c1-8-15(23)20-14-11(6-18)13(9-2-4-10(17)5-3-9)12(7-19)16(24)22(14)21-8/h2-5H,1H3,(H,20,23). The number of nitrogens with zero attached hydrogens (tertiary/aromatic N) is 4. The van der Waals surface area contributed by atoms with Gasteiger partial charge in [0.05, 0.1) is 0 Å². The van der Waals surface area contributed by atoms with E-state index in [9.17, 15) is 20.1 Å². The second kappa shape index (κ2) is 5.65. The first kappa shape index (κ1) is 15.5. The van der Waals surface area contributed by atoms with Crippen LogP contribution in [0.4, 0.5) is 0 Å². The van der Waals surface area contributed by atoms with Crippen LogP contribution in [0.15, 0.2) is 33.9 Å². The van der Waals surface area contributed by atoms with E-state index >= 15 is 0 Å². The fraction of sp³-hybridized carbons (Fsp3) is 0.0625. The molecule has 3 rings (SSSR count). The first-order valence-electron chi connectivity index (χ1n) is 6.74. The smallest absolute Gasteiger partial charge is 0.291 e. The fourth-order valence-corrected chi connectivity index (χ4v) is 2.51. The van der Waals surface area contributed by atoms with Gasteiger partial charge in [-0.05, 0) is 24.6 Å². The molecule has 24 heavy (non-hydrogen) atoms. The molecule has 2 aromatic heterocycles.